The molecule has 3 rings (SSSR count). The van der Waals surface area contributed by atoms with E-state index in [1.165, 1.54) is 4.68 Å². The van der Waals surface area contributed by atoms with Gasteiger partial charge >= 0.3 is 0 Å². The van der Waals surface area contributed by atoms with Gasteiger partial charge in [0.05, 0.1) is 11.4 Å². The van der Waals surface area contributed by atoms with E-state index in [1.54, 1.807) is 24.3 Å². The third-order valence-electron chi connectivity index (χ3n) is 3.56. The first kappa shape index (κ1) is 15.4. The highest BCUT2D eigenvalue weighted by Crippen LogP contribution is 2.21. The van der Waals surface area contributed by atoms with Crippen molar-refractivity contribution < 1.29 is 8.42 Å². The van der Waals surface area contributed by atoms with Gasteiger partial charge in [-0.1, -0.05) is 60.6 Å². The minimum atomic E-state index is -3.62. The average molecular weight is 328 g/mol. The number of hydrogen-bond donors (Lipinski definition) is 0. The molecule has 1 aromatic heterocycles. The van der Waals surface area contributed by atoms with Crippen LogP contribution in [0.15, 0.2) is 65.8 Å². The third kappa shape index (κ3) is 3.29. The molecule has 0 aliphatic carbocycles. The summed E-state index contributed by atoms with van der Waals surface area (Å²) >= 11 is 0. The van der Waals surface area contributed by atoms with Gasteiger partial charge < -0.3 is 0 Å². The van der Waals surface area contributed by atoms with Gasteiger partial charge in [0.2, 0.25) is 9.84 Å². The van der Waals surface area contributed by atoms with Crippen LogP contribution in [-0.4, -0.2) is 34.4 Å². The molecule has 0 saturated carbocycles. The molecule has 3 aromatic rings. The number of tetrazole rings is 1. The molecule has 1 unspecified atom stereocenters. The predicted molar refractivity (Wildman–Crippen MR) is 86.1 cm³/mol. The lowest BCUT2D eigenvalue weighted by molar-refractivity contribution is 0.575. The van der Waals surface area contributed by atoms with Gasteiger partial charge in [-0.05, 0) is 34.0 Å². The van der Waals surface area contributed by atoms with Crippen molar-refractivity contribution in [3.05, 3.63) is 66.2 Å². The van der Waals surface area contributed by atoms with E-state index in [0.29, 0.717) is 5.69 Å². The number of aromatic nitrogens is 4. The van der Waals surface area contributed by atoms with Crippen LogP contribution >= 0.6 is 0 Å². The van der Waals surface area contributed by atoms with E-state index >= 15 is 0 Å². The van der Waals surface area contributed by atoms with E-state index in [0.717, 1.165) is 5.56 Å². The van der Waals surface area contributed by atoms with Crippen molar-refractivity contribution in [3.8, 4) is 5.69 Å². The first-order chi connectivity index (χ1) is 11.1. The number of rotatable bonds is 5. The molecule has 0 aliphatic rings. The lowest BCUT2D eigenvalue weighted by Crippen LogP contribution is -2.17. The van der Waals surface area contributed by atoms with Gasteiger partial charge in [0.25, 0.3) is 5.16 Å². The van der Waals surface area contributed by atoms with Crippen molar-refractivity contribution in [2.24, 2.45) is 0 Å². The largest absolute Gasteiger partial charge is 0.272 e. The van der Waals surface area contributed by atoms with Crippen molar-refractivity contribution in [2.45, 2.75) is 18.0 Å². The van der Waals surface area contributed by atoms with E-state index in [9.17, 15) is 8.42 Å². The molecule has 0 bridgehead atoms. The molecular weight excluding hydrogens is 312 g/mol. The Bertz CT molecular complexity index is 877. The minimum Gasteiger partial charge on any atom is -0.220 e. The Kier molecular flexibility index (Phi) is 4.20. The number of sulfone groups is 1. The number of hydrogen-bond acceptors (Lipinski definition) is 5. The summed E-state index contributed by atoms with van der Waals surface area (Å²) in [7, 11) is -3.62. The van der Waals surface area contributed by atoms with Crippen LogP contribution in [0.4, 0.5) is 0 Å². The molecule has 1 atom stereocenters. The van der Waals surface area contributed by atoms with Gasteiger partial charge in [0.1, 0.15) is 0 Å². The summed E-state index contributed by atoms with van der Waals surface area (Å²) in [6.07, 6.45) is 0. The van der Waals surface area contributed by atoms with Crippen molar-refractivity contribution in [3.63, 3.8) is 0 Å². The Labute approximate surface area is 134 Å². The fourth-order valence-corrected chi connectivity index (χ4v) is 3.95. The van der Waals surface area contributed by atoms with Crippen LogP contribution in [0, 0.1) is 0 Å². The Morgan fingerprint density at radius 3 is 2.26 bits per heavy atom. The zero-order valence-corrected chi connectivity index (χ0v) is 13.4. The van der Waals surface area contributed by atoms with Gasteiger partial charge in [-0.2, -0.15) is 4.68 Å². The Morgan fingerprint density at radius 2 is 1.61 bits per heavy atom. The second kappa shape index (κ2) is 6.29. The van der Waals surface area contributed by atoms with Crippen LogP contribution in [-0.2, 0) is 9.84 Å². The lowest BCUT2D eigenvalue weighted by Gasteiger charge is -2.12. The number of para-hydroxylation sites is 1. The molecule has 0 amide bonds. The highest BCUT2D eigenvalue weighted by molar-refractivity contribution is 7.91. The van der Waals surface area contributed by atoms with E-state index in [2.05, 4.69) is 15.5 Å². The van der Waals surface area contributed by atoms with E-state index in [1.807, 2.05) is 43.3 Å². The predicted octanol–water partition coefficient (Wildman–Crippen LogP) is 2.24. The fourth-order valence-electron chi connectivity index (χ4n) is 2.39. The quantitative estimate of drug-likeness (QED) is 0.718. The molecular formula is C16H16N4O2S. The number of benzene rings is 2. The van der Waals surface area contributed by atoms with Crippen LogP contribution in [0.25, 0.3) is 5.69 Å². The normalized spacial score (nSPS) is 12.9. The van der Waals surface area contributed by atoms with Crippen LogP contribution in [0.5, 0.6) is 0 Å². The third-order valence-corrected chi connectivity index (χ3v) is 5.31. The Balaban J connectivity index is 1.91. The lowest BCUT2D eigenvalue weighted by atomic mass is 10.0. The Hall–Kier alpha value is -2.54. The van der Waals surface area contributed by atoms with E-state index < -0.39 is 9.84 Å². The molecule has 0 radical (unpaired) electrons. The summed E-state index contributed by atoms with van der Waals surface area (Å²) in [5.41, 5.74) is 1.58. The SMILES string of the molecule is CC(CS(=O)(=O)c1nnnn1-c1ccccc1)c1ccccc1. The number of nitrogens with zero attached hydrogens (tertiary/aromatic N) is 4. The minimum absolute atomic E-state index is 0.0514. The van der Waals surface area contributed by atoms with Crippen LogP contribution in [0.3, 0.4) is 0 Å². The van der Waals surface area contributed by atoms with E-state index in [4.69, 9.17) is 0 Å². The van der Waals surface area contributed by atoms with Crippen molar-refractivity contribution in [1.82, 2.24) is 20.2 Å². The first-order valence-electron chi connectivity index (χ1n) is 7.19. The topological polar surface area (TPSA) is 77.7 Å². The standard InChI is InChI=1S/C16H16N4O2S/c1-13(14-8-4-2-5-9-14)12-23(21,22)16-17-18-19-20(16)15-10-6-3-7-11-15/h2-11,13H,12H2,1H3. The summed E-state index contributed by atoms with van der Waals surface area (Å²) in [6, 6.07) is 18.5. The maximum atomic E-state index is 12.7. The van der Waals surface area contributed by atoms with Crippen molar-refractivity contribution in [1.29, 1.82) is 0 Å². The van der Waals surface area contributed by atoms with Crippen LogP contribution in [0.1, 0.15) is 18.4 Å². The highest BCUT2D eigenvalue weighted by Gasteiger charge is 2.26. The zero-order chi connectivity index (χ0) is 16.3. The second-order valence-electron chi connectivity index (χ2n) is 5.30. The monoisotopic (exact) mass is 328 g/mol. The molecule has 0 fully saturated rings. The molecule has 0 N–H and O–H groups in total. The summed E-state index contributed by atoms with van der Waals surface area (Å²) in [4.78, 5) is 0. The van der Waals surface area contributed by atoms with Gasteiger partial charge in [-0.3, -0.25) is 0 Å². The summed E-state index contributed by atoms with van der Waals surface area (Å²) in [5.74, 6) is -0.202. The van der Waals surface area contributed by atoms with Crippen molar-refractivity contribution >= 4 is 9.84 Å². The van der Waals surface area contributed by atoms with Gasteiger partial charge in [-0.15, -0.1) is 0 Å². The Morgan fingerprint density at radius 1 is 1.00 bits per heavy atom. The zero-order valence-electron chi connectivity index (χ0n) is 12.6. The summed E-state index contributed by atoms with van der Waals surface area (Å²) in [6.45, 7) is 1.88. The smallest absolute Gasteiger partial charge is 0.220 e. The van der Waals surface area contributed by atoms with Crippen LogP contribution in [0.2, 0.25) is 0 Å². The average Bonchev–Trinajstić information content (AvgIpc) is 3.07. The summed E-state index contributed by atoms with van der Waals surface area (Å²) < 4.78 is 26.7. The molecule has 23 heavy (non-hydrogen) atoms. The molecule has 0 aliphatic heterocycles. The first-order valence-corrected chi connectivity index (χ1v) is 8.84. The van der Waals surface area contributed by atoms with E-state index in [-0.39, 0.29) is 16.8 Å². The highest BCUT2D eigenvalue weighted by atomic mass is 32.2. The van der Waals surface area contributed by atoms with Gasteiger partial charge in [-0.25, -0.2) is 8.42 Å². The molecule has 0 spiro atoms. The molecule has 7 heteroatoms. The fraction of sp³-hybridized carbons (Fsp3) is 0.188. The molecule has 1 heterocycles. The molecule has 2 aromatic carbocycles. The summed E-state index contributed by atoms with van der Waals surface area (Å²) in [5, 5.41) is 10.9. The van der Waals surface area contributed by atoms with Crippen LogP contribution < -0.4 is 0 Å². The molecule has 118 valence electrons. The maximum absolute atomic E-state index is 12.7. The van der Waals surface area contributed by atoms with Gasteiger partial charge in [0, 0.05) is 0 Å². The van der Waals surface area contributed by atoms with Crippen molar-refractivity contribution in [2.75, 3.05) is 5.75 Å². The second-order valence-corrected chi connectivity index (χ2v) is 7.23. The van der Waals surface area contributed by atoms with Gasteiger partial charge in [0.15, 0.2) is 0 Å². The maximum Gasteiger partial charge on any atom is 0.272 e. The molecule has 6 nitrogen and oxygen atoms in total. The molecule has 0 saturated heterocycles.